The van der Waals surface area contributed by atoms with Crippen molar-refractivity contribution in [2.45, 2.75) is 33.2 Å². The van der Waals surface area contributed by atoms with Gasteiger partial charge in [-0.1, -0.05) is 32.0 Å². The van der Waals surface area contributed by atoms with E-state index in [1.54, 1.807) is 0 Å². The Morgan fingerprint density at radius 3 is 2.50 bits per heavy atom. The molecule has 18 heavy (non-hydrogen) atoms. The summed E-state index contributed by atoms with van der Waals surface area (Å²) in [7, 11) is 0. The molecule has 0 spiro atoms. The number of hydrogen-bond acceptors (Lipinski definition) is 3. The van der Waals surface area contributed by atoms with E-state index >= 15 is 0 Å². The third-order valence-electron chi connectivity index (χ3n) is 2.85. The summed E-state index contributed by atoms with van der Waals surface area (Å²) in [6, 6.07) is 10.4. The van der Waals surface area contributed by atoms with Crippen LogP contribution in [0.25, 0.3) is 0 Å². The molecule has 0 radical (unpaired) electrons. The van der Waals surface area contributed by atoms with Crippen LogP contribution < -0.4 is 10.6 Å². The second-order valence-electron chi connectivity index (χ2n) is 5.10. The summed E-state index contributed by atoms with van der Waals surface area (Å²) in [5, 5.41) is 8.77. The molecule has 0 aliphatic rings. The molecule has 0 aromatic heterocycles. The van der Waals surface area contributed by atoms with Crippen LogP contribution in [0.3, 0.4) is 0 Å². The van der Waals surface area contributed by atoms with Crippen LogP contribution in [0.1, 0.15) is 38.8 Å². The normalized spacial score (nSPS) is 12.2. The molecule has 0 aliphatic heterocycles. The van der Waals surface area contributed by atoms with Crippen LogP contribution in [0.2, 0.25) is 0 Å². The zero-order valence-electron chi connectivity index (χ0n) is 11.6. The highest BCUT2D eigenvalue weighted by Crippen LogP contribution is 2.25. The van der Waals surface area contributed by atoms with E-state index in [4.69, 9.17) is 11.0 Å². The van der Waals surface area contributed by atoms with Gasteiger partial charge < -0.3 is 10.6 Å². The lowest BCUT2D eigenvalue weighted by Crippen LogP contribution is -2.30. The Morgan fingerprint density at radius 1 is 1.28 bits per heavy atom. The van der Waals surface area contributed by atoms with Gasteiger partial charge in [0.2, 0.25) is 0 Å². The minimum Gasteiger partial charge on any atom is -0.370 e. The summed E-state index contributed by atoms with van der Waals surface area (Å²) < 4.78 is 0. The summed E-state index contributed by atoms with van der Waals surface area (Å²) in [6.45, 7) is 8.09. The van der Waals surface area contributed by atoms with Gasteiger partial charge in [-0.2, -0.15) is 5.26 Å². The van der Waals surface area contributed by atoms with Gasteiger partial charge in [0.1, 0.15) is 0 Å². The van der Waals surface area contributed by atoms with Crippen molar-refractivity contribution in [2.75, 3.05) is 18.0 Å². The van der Waals surface area contributed by atoms with Gasteiger partial charge in [-0.15, -0.1) is 0 Å². The molecular weight excluding hydrogens is 222 g/mol. The zero-order valence-corrected chi connectivity index (χ0v) is 11.6. The van der Waals surface area contributed by atoms with Crippen LogP contribution >= 0.6 is 0 Å². The summed E-state index contributed by atoms with van der Waals surface area (Å²) >= 11 is 0. The Morgan fingerprint density at radius 2 is 1.94 bits per heavy atom. The first-order valence-electron chi connectivity index (χ1n) is 6.52. The van der Waals surface area contributed by atoms with Gasteiger partial charge >= 0.3 is 0 Å². The minimum absolute atomic E-state index is 0.0120. The third-order valence-corrected chi connectivity index (χ3v) is 2.85. The molecule has 1 aromatic rings. The molecule has 3 heteroatoms. The van der Waals surface area contributed by atoms with Gasteiger partial charge in [0, 0.05) is 24.8 Å². The van der Waals surface area contributed by atoms with Gasteiger partial charge in [0.05, 0.1) is 12.5 Å². The van der Waals surface area contributed by atoms with Crippen molar-refractivity contribution in [3.63, 3.8) is 0 Å². The first-order chi connectivity index (χ1) is 8.56. The Labute approximate surface area is 110 Å². The molecule has 1 atom stereocenters. The number of anilines is 1. The average molecular weight is 245 g/mol. The Hall–Kier alpha value is -1.53. The highest BCUT2D eigenvalue weighted by atomic mass is 15.1. The Kier molecular flexibility index (Phi) is 5.67. The van der Waals surface area contributed by atoms with E-state index in [-0.39, 0.29) is 6.04 Å². The highest BCUT2D eigenvalue weighted by molar-refractivity contribution is 5.55. The van der Waals surface area contributed by atoms with Crippen molar-refractivity contribution in [2.24, 2.45) is 11.7 Å². The van der Waals surface area contributed by atoms with Crippen LogP contribution in [0, 0.1) is 17.2 Å². The maximum Gasteiger partial charge on any atom is 0.0640 e. The number of benzene rings is 1. The van der Waals surface area contributed by atoms with Gasteiger partial charge in [-0.3, -0.25) is 0 Å². The molecule has 0 saturated carbocycles. The molecule has 2 N–H and O–H groups in total. The quantitative estimate of drug-likeness (QED) is 0.838. The molecule has 0 bridgehead atoms. The molecule has 0 amide bonds. The van der Waals surface area contributed by atoms with E-state index in [1.165, 1.54) is 0 Å². The fraction of sp³-hybridized carbons (Fsp3) is 0.533. The lowest BCUT2D eigenvalue weighted by molar-refractivity contribution is 0.608. The van der Waals surface area contributed by atoms with Gasteiger partial charge in [0.15, 0.2) is 0 Å². The van der Waals surface area contributed by atoms with Crippen molar-refractivity contribution < 1.29 is 0 Å². The maximum absolute atomic E-state index is 8.77. The fourth-order valence-electron chi connectivity index (χ4n) is 2.10. The second-order valence-corrected chi connectivity index (χ2v) is 5.10. The van der Waals surface area contributed by atoms with E-state index in [9.17, 15) is 0 Å². The van der Waals surface area contributed by atoms with E-state index in [2.05, 4.69) is 36.9 Å². The Balaban J connectivity index is 3.00. The zero-order chi connectivity index (χ0) is 13.5. The molecule has 1 rings (SSSR count). The number of para-hydroxylation sites is 1. The largest absolute Gasteiger partial charge is 0.370 e. The molecule has 0 saturated heterocycles. The van der Waals surface area contributed by atoms with Gasteiger partial charge in [0.25, 0.3) is 0 Å². The van der Waals surface area contributed by atoms with Crippen molar-refractivity contribution in [3.05, 3.63) is 29.8 Å². The number of rotatable bonds is 6. The maximum atomic E-state index is 8.77. The van der Waals surface area contributed by atoms with Crippen LogP contribution in [0.5, 0.6) is 0 Å². The predicted molar refractivity (Wildman–Crippen MR) is 76.3 cm³/mol. The molecule has 1 aromatic carbocycles. The van der Waals surface area contributed by atoms with E-state index < -0.39 is 0 Å². The minimum atomic E-state index is 0.0120. The van der Waals surface area contributed by atoms with Crippen molar-refractivity contribution in [1.82, 2.24) is 0 Å². The number of nitriles is 1. The van der Waals surface area contributed by atoms with Crippen molar-refractivity contribution >= 4 is 5.69 Å². The van der Waals surface area contributed by atoms with Crippen LogP contribution in [-0.2, 0) is 0 Å². The molecule has 0 unspecified atom stereocenters. The smallest absolute Gasteiger partial charge is 0.0640 e. The summed E-state index contributed by atoms with van der Waals surface area (Å²) in [5.41, 5.74) is 8.33. The Bertz CT molecular complexity index is 404. The molecule has 0 fully saturated rings. The molecule has 0 heterocycles. The first-order valence-corrected chi connectivity index (χ1v) is 6.52. The fourth-order valence-corrected chi connectivity index (χ4v) is 2.10. The number of hydrogen-bond donors (Lipinski definition) is 1. The van der Waals surface area contributed by atoms with Crippen LogP contribution in [-0.4, -0.2) is 13.1 Å². The third kappa shape index (κ3) is 4.05. The van der Waals surface area contributed by atoms with Crippen LogP contribution in [0.15, 0.2) is 24.3 Å². The molecule has 98 valence electrons. The summed E-state index contributed by atoms with van der Waals surface area (Å²) in [6.07, 6.45) is 0.542. The van der Waals surface area contributed by atoms with Gasteiger partial charge in [-0.25, -0.2) is 0 Å². The lowest BCUT2D eigenvalue weighted by atomic mass is 10.0. The predicted octanol–water partition coefficient (Wildman–Crippen LogP) is 3.08. The summed E-state index contributed by atoms with van der Waals surface area (Å²) in [4.78, 5) is 2.27. The van der Waals surface area contributed by atoms with Crippen molar-refractivity contribution in [1.29, 1.82) is 5.26 Å². The molecule has 0 aliphatic carbocycles. The topological polar surface area (TPSA) is 53.0 Å². The van der Waals surface area contributed by atoms with E-state index in [0.29, 0.717) is 12.3 Å². The number of nitrogens with zero attached hydrogens (tertiary/aromatic N) is 2. The molecule has 3 nitrogen and oxygen atoms in total. The SMILES string of the molecule is CC(C)CN(CCC#N)c1ccccc1[C@@H](C)N. The van der Waals surface area contributed by atoms with Gasteiger partial charge in [-0.05, 0) is 24.5 Å². The summed E-state index contributed by atoms with van der Waals surface area (Å²) in [5.74, 6) is 0.560. The first kappa shape index (κ1) is 14.5. The lowest BCUT2D eigenvalue weighted by Gasteiger charge is -2.29. The van der Waals surface area contributed by atoms with Crippen LogP contribution in [0.4, 0.5) is 5.69 Å². The van der Waals surface area contributed by atoms with Crippen molar-refractivity contribution in [3.8, 4) is 6.07 Å². The number of nitrogens with two attached hydrogens (primary N) is 1. The second kappa shape index (κ2) is 7.03. The van der Waals surface area contributed by atoms with E-state index in [0.717, 1.165) is 24.3 Å². The standard InChI is InChI=1S/C15H23N3/c1-12(2)11-18(10-6-9-16)15-8-5-4-7-14(15)13(3)17/h4-5,7-8,12-13H,6,10-11,17H2,1-3H3/t13-/m1/s1. The average Bonchev–Trinajstić information content (AvgIpc) is 2.34. The highest BCUT2D eigenvalue weighted by Gasteiger charge is 2.14. The van der Waals surface area contributed by atoms with E-state index in [1.807, 2.05) is 19.1 Å². The monoisotopic (exact) mass is 245 g/mol. The molecular formula is C15H23N3.